The second-order valence-corrected chi connectivity index (χ2v) is 4.61. The highest BCUT2D eigenvalue weighted by Gasteiger charge is 2.14. The van der Waals surface area contributed by atoms with Crippen LogP contribution in [0.3, 0.4) is 0 Å². The maximum Gasteiger partial charge on any atom is 0.189 e. The Hall–Kier alpha value is -2.49. The van der Waals surface area contributed by atoms with Gasteiger partial charge >= 0.3 is 0 Å². The molecule has 0 aliphatic carbocycles. The molecule has 4 heteroatoms. The average molecular weight is 265 g/mol. The van der Waals surface area contributed by atoms with E-state index in [4.69, 9.17) is 0 Å². The molecule has 4 nitrogen and oxygen atoms in total. The molecule has 0 radical (unpaired) electrons. The second kappa shape index (κ2) is 5.25. The van der Waals surface area contributed by atoms with E-state index in [9.17, 15) is 4.79 Å². The first-order valence-electron chi connectivity index (χ1n) is 6.66. The van der Waals surface area contributed by atoms with E-state index in [-0.39, 0.29) is 12.2 Å². The van der Waals surface area contributed by atoms with Gasteiger partial charge in [-0.1, -0.05) is 24.3 Å². The van der Waals surface area contributed by atoms with Gasteiger partial charge in [0.1, 0.15) is 11.5 Å². The zero-order valence-electron chi connectivity index (χ0n) is 11.3. The summed E-state index contributed by atoms with van der Waals surface area (Å²) in [6, 6.07) is 9.72. The fraction of sp³-hybridized carbons (Fsp3) is 0.188. The van der Waals surface area contributed by atoms with Crippen LogP contribution in [0.2, 0.25) is 0 Å². The molecule has 0 N–H and O–H groups in total. The first-order valence-corrected chi connectivity index (χ1v) is 6.66. The summed E-state index contributed by atoms with van der Waals surface area (Å²) in [5.41, 5.74) is 0.522. The van der Waals surface area contributed by atoms with Crippen LogP contribution < -0.4 is 0 Å². The minimum atomic E-state index is 0.00250. The smallest absolute Gasteiger partial charge is 0.189 e. The van der Waals surface area contributed by atoms with Gasteiger partial charge in [-0.15, -0.1) is 0 Å². The Bertz CT molecular complexity index is 756. The fourth-order valence-electron chi connectivity index (χ4n) is 2.36. The summed E-state index contributed by atoms with van der Waals surface area (Å²) < 4.78 is 1.98. The lowest BCUT2D eigenvalue weighted by atomic mass is 10.1. The molecule has 0 atom stereocenters. The molecule has 2 aromatic heterocycles. The van der Waals surface area contributed by atoms with E-state index in [2.05, 4.69) is 9.97 Å². The molecule has 2 heterocycles. The van der Waals surface area contributed by atoms with E-state index in [0.717, 1.165) is 23.1 Å². The van der Waals surface area contributed by atoms with Gasteiger partial charge in [0.05, 0.1) is 6.42 Å². The van der Waals surface area contributed by atoms with Crippen LogP contribution in [0, 0.1) is 0 Å². The number of carbonyl (C=O) groups is 1. The van der Waals surface area contributed by atoms with Crippen LogP contribution in [-0.2, 0) is 13.0 Å². The summed E-state index contributed by atoms with van der Waals surface area (Å²) in [4.78, 5) is 21.0. The van der Waals surface area contributed by atoms with Crippen molar-refractivity contribution in [2.45, 2.75) is 19.9 Å². The highest BCUT2D eigenvalue weighted by atomic mass is 16.1. The molecule has 1 aromatic carbocycles. The molecule has 100 valence electrons. The molecule has 0 aliphatic rings. The van der Waals surface area contributed by atoms with Crippen LogP contribution in [0.5, 0.6) is 0 Å². The molecule has 0 spiro atoms. The van der Waals surface area contributed by atoms with E-state index >= 15 is 0 Å². The zero-order chi connectivity index (χ0) is 13.9. The van der Waals surface area contributed by atoms with Gasteiger partial charge in [-0.25, -0.2) is 4.98 Å². The van der Waals surface area contributed by atoms with Gasteiger partial charge in [0, 0.05) is 30.5 Å². The monoisotopic (exact) mass is 265 g/mol. The van der Waals surface area contributed by atoms with Gasteiger partial charge in [0.2, 0.25) is 0 Å². The maximum absolute atomic E-state index is 12.5. The Morgan fingerprint density at radius 1 is 1.15 bits per heavy atom. The first kappa shape index (κ1) is 12.5. The molecule has 0 aliphatic heterocycles. The van der Waals surface area contributed by atoms with Crippen LogP contribution in [0.4, 0.5) is 0 Å². The van der Waals surface area contributed by atoms with Crippen LogP contribution in [0.15, 0.2) is 48.9 Å². The number of pyridine rings is 1. The lowest BCUT2D eigenvalue weighted by Crippen LogP contribution is -2.11. The summed E-state index contributed by atoms with van der Waals surface area (Å²) in [6.45, 7) is 2.84. The highest BCUT2D eigenvalue weighted by Crippen LogP contribution is 2.17. The van der Waals surface area contributed by atoms with E-state index in [1.54, 1.807) is 12.4 Å². The molecular formula is C16H15N3O. The molecule has 0 amide bonds. The standard InChI is InChI=1S/C16H15N3O/c1-2-19-10-9-17-15(19)11-14(20)16-13-6-4-3-5-12(13)7-8-18-16/h3-10H,2,11H2,1H3. The van der Waals surface area contributed by atoms with Crippen molar-refractivity contribution in [2.75, 3.05) is 0 Å². The van der Waals surface area contributed by atoms with Crippen molar-refractivity contribution >= 4 is 16.6 Å². The van der Waals surface area contributed by atoms with Crippen LogP contribution in [0.25, 0.3) is 10.8 Å². The Labute approximate surface area is 117 Å². The Morgan fingerprint density at radius 3 is 2.85 bits per heavy atom. The van der Waals surface area contributed by atoms with Crippen molar-refractivity contribution in [3.63, 3.8) is 0 Å². The number of nitrogens with zero attached hydrogens (tertiary/aromatic N) is 3. The molecule has 0 unspecified atom stereocenters. The summed E-state index contributed by atoms with van der Waals surface area (Å²) in [6.07, 6.45) is 5.57. The predicted octanol–water partition coefficient (Wildman–Crippen LogP) is 2.88. The molecule has 0 saturated carbocycles. The average Bonchev–Trinajstić information content (AvgIpc) is 2.93. The van der Waals surface area contributed by atoms with Gasteiger partial charge in [0.25, 0.3) is 0 Å². The molecule has 0 fully saturated rings. The van der Waals surface area contributed by atoms with E-state index in [1.807, 2.05) is 48.0 Å². The number of hydrogen-bond acceptors (Lipinski definition) is 3. The fourth-order valence-corrected chi connectivity index (χ4v) is 2.36. The van der Waals surface area contributed by atoms with Crippen LogP contribution in [-0.4, -0.2) is 20.3 Å². The molecule has 0 saturated heterocycles. The lowest BCUT2D eigenvalue weighted by Gasteiger charge is -2.06. The van der Waals surface area contributed by atoms with Gasteiger partial charge in [-0.2, -0.15) is 0 Å². The number of fused-ring (bicyclic) bond motifs is 1. The molecule has 0 bridgehead atoms. The van der Waals surface area contributed by atoms with Crippen molar-refractivity contribution in [1.29, 1.82) is 0 Å². The molecule has 20 heavy (non-hydrogen) atoms. The minimum absolute atomic E-state index is 0.00250. The van der Waals surface area contributed by atoms with Gasteiger partial charge in [-0.3, -0.25) is 9.78 Å². The van der Waals surface area contributed by atoms with E-state index in [1.165, 1.54) is 0 Å². The predicted molar refractivity (Wildman–Crippen MR) is 77.7 cm³/mol. The first-order chi connectivity index (χ1) is 9.79. The highest BCUT2D eigenvalue weighted by molar-refractivity contribution is 6.06. The second-order valence-electron chi connectivity index (χ2n) is 4.61. The third-order valence-electron chi connectivity index (χ3n) is 3.40. The summed E-state index contributed by atoms with van der Waals surface area (Å²) in [5, 5.41) is 1.93. The minimum Gasteiger partial charge on any atom is -0.335 e. The van der Waals surface area contributed by atoms with Crippen LogP contribution in [0.1, 0.15) is 23.2 Å². The number of benzene rings is 1. The number of hydrogen-bond donors (Lipinski definition) is 0. The van der Waals surface area contributed by atoms with Gasteiger partial charge in [0.15, 0.2) is 5.78 Å². The topological polar surface area (TPSA) is 47.8 Å². The number of Topliss-reactive ketones (excluding diaryl/α,β-unsaturated/α-hetero) is 1. The normalized spacial score (nSPS) is 10.8. The largest absolute Gasteiger partial charge is 0.335 e. The number of aryl methyl sites for hydroxylation is 1. The van der Waals surface area contributed by atoms with Gasteiger partial charge < -0.3 is 4.57 Å². The zero-order valence-corrected chi connectivity index (χ0v) is 11.3. The number of imidazole rings is 1. The van der Waals surface area contributed by atoms with E-state index < -0.39 is 0 Å². The quantitative estimate of drug-likeness (QED) is 0.681. The lowest BCUT2D eigenvalue weighted by molar-refractivity contribution is 0.0987. The van der Waals surface area contributed by atoms with Crippen LogP contribution >= 0.6 is 0 Å². The number of rotatable bonds is 4. The molecule has 3 rings (SSSR count). The number of ketones is 1. The summed E-state index contributed by atoms with van der Waals surface area (Å²) >= 11 is 0. The number of aromatic nitrogens is 3. The van der Waals surface area contributed by atoms with Crippen molar-refractivity contribution < 1.29 is 4.79 Å². The SMILES string of the molecule is CCn1ccnc1CC(=O)c1nccc2ccccc12. The van der Waals surface area contributed by atoms with Crippen molar-refractivity contribution in [3.05, 3.63) is 60.4 Å². The van der Waals surface area contributed by atoms with Crippen molar-refractivity contribution in [2.24, 2.45) is 0 Å². The van der Waals surface area contributed by atoms with Crippen molar-refractivity contribution in [1.82, 2.24) is 14.5 Å². The Kier molecular flexibility index (Phi) is 3.29. The Balaban J connectivity index is 1.97. The van der Waals surface area contributed by atoms with Crippen molar-refractivity contribution in [3.8, 4) is 0 Å². The summed E-state index contributed by atoms with van der Waals surface area (Å²) in [7, 11) is 0. The third-order valence-corrected chi connectivity index (χ3v) is 3.40. The van der Waals surface area contributed by atoms with E-state index in [0.29, 0.717) is 5.69 Å². The molecule has 3 aromatic rings. The van der Waals surface area contributed by atoms with Gasteiger partial charge in [-0.05, 0) is 18.4 Å². The number of carbonyl (C=O) groups excluding carboxylic acids is 1. The summed E-state index contributed by atoms with van der Waals surface area (Å²) in [5.74, 6) is 0.787. The Morgan fingerprint density at radius 2 is 2.00 bits per heavy atom. The molecular weight excluding hydrogens is 250 g/mol. The maximum atomic E-state index is 12.5. The third kappa shape index (κ3) is 2.20.